The highest BCUT2D eigenvalue weighted by molar-refractivity contribution is 6.00. The molecule has 0 aromatic carbocycles. The van der Waals surface area contributed by atoms with Gasteiger partial charge in [0.15, 0.2) is 0 Å². The molecule has 0 aromatic rings. The molecule has 4 heteroatoms. The number of allylic oxidation sites excluding steroid dienone is 5. The molecule has 0 aromatic heterocycles. The molecular weight excluding hydrogens is 264 g/mol. The van der Waals surface area contributed by atoms with Crippen molar-refractivity contribution in [3.63, 3.8) is 0 Å². The Bertz CT molecular complexity index is 517. The number of carbonyl (C=O) groups excluding carboxylic acids is 2. The molecule has 0 aliphatic carbocycles. The molecule has 0 spiro atoms. The Morgan fingerprint density at radius 1 is 1.24 bits per heavy atom. The minimum atomic E-state index is -0.235. The van der Waals surface area contributed by atoms with Gasteiger partial charge in [-0.1, -0.05) is 25.2 Å². The minimum absolute atomic E-state index is 0.160. The van der Waals surface area contributed by atoms with Gasteiger partial charge in [-0.2, -0.15) is 0 Å². The molecule has 114 valence electrons. The van der Waals surface area contributed by atoms with Crippen molar-refractivity contribution < 1.29 is 9.59 Å². The Morgan fingerprint density at radius 3 is 2.62 bits per heavy atom. The predicted molar refractivity (Wildman–Crippen MR) is 83.3 cm³/mol. The van der Waals surface area contributed by atoms with Crippen LogP contribution in [0.4, 0.5) is 0 Å². The van der Waals surface area contributed by atoms with E-state index >= 15 is 0 Å². The van der Waals surface area contributed by atoms with Crippen molar-refractivity contribution >= 4 is 11.8 Å². The van der Waals surface area contributed by atoms with Gasteiger partial charge in [-0.15, -0.1) is 0 Å². The zero-order valence-electron chi connectivity index (χ0n) is 13.1. The van der Waals surface area contributed by atoms with Crippen LogP contribution in [0.1, 0.15) is 40.0 Å². The molecule has 2 saturated heterocycles. The minimum Gasteiger partial charge on any atom is -0.359 e. The average molecular weight is 288 g/mol. The molecule has 0 radical (unpaired) electrons. The third-order valence-corrected chi connectivity index (χ3v) is 4.28. The summed E-state index contributed by atoms with van der Waals surface area (Å²) in [7, 11) is 0. The summed E-state index contributed by atoms with van der Waals surface area (Å²) in [6, 6.07) is -0.235. The SMILES string of the molecule is C\C=C/C=C1\C(=C/C)C(C)CCN1C1CCC(=O)NC1=O. The zero-order valence-corrected chi connectivity index (χ0v) is 13.1. The van der Waals surface area contributed by atoms with Crippen LogP contribution in [-0.2, 0) is 9.59 Å². The van der Waals surface area contributed by atoms with Crippen molar-refractivity contribution in [1.82, 2.24) is 10.2 Å². The normalized spacial score (nSPS) is 31.3. The lowest BCUT2D eigenvalue weighted by Crippen LogP contribution is -2.53. The molecule has 2 unspecified atom stereocenters. The van der Waals surface area contributed by atoms with Crippen LogP contribution in [0.25, 0.3) is 0 Å². The van der Waals surface area contributed by atoms with E-state index in [1.54, 1.807) is 0 Å². The summed E-state index contributed by atoms with van der Waals surface area (Å²) < 4.78 is 0. The number of carbonyl (C=O) groups is 2. The van der Waals surface area contributed by atoms with E-state index in [1.807, 2.05) is 26.0 Å². The van der Waals surface area contributed by atoms with Gasteiger partial charge in [0.05, 0.1) is 0 Å². The predicted octanol–water partition coefficient (Wildman–Crippen LogP) is 2.54. The van der Waals surface area contributed by atoms with E-state index in [-0.39, 0.29) is 17.9 Å². The van der Waals surface area contributed by atoms with Crippen LogP contribution in [0.5, 0.6) is 0 Å². The molecule has 2 aliphatic rings. The van der Waals surface area contributed by atoms with Crippen molar-refractivity contribution in [3.05, 3.63) is 35.6 Å². The Kier molecular flexibility index (Phi) is 4.99. The first kappa shape index (κ1) is 15.5. The number of rotatable bonds is 2. The lowest BCUT2D eigenvalue weighted by molar-refractivity contribution is -0.137. The molecule has 2 fully saturated rings. The van der Waals surface area contributed by atoms with Gasteiger partial charge >= 0.3 is 0 Å². The lowest BCUT2D eigenvalue weighted by Gasteiger charge is -2.42. The van der Waals surface area contributed by atoms with Crippen LogP contribution in [-0.4, -0.2) is 29.3 Å². The average Bonchev–Trinajstić information content (AvgIpc) is 2.46. The number of hydrogen-bond donors (Lipinski definition) is 1. The molecule has 21 heavy (non-hydrogen) atoms. The quantitative estimate of drug-likeness (QED) is 0.794. The van der Waals surface area contributed by atoms with Crippen LogP contribution in [0.2, 0.25) is 0 Å². The van der Waals surface area contributed by atoms with Gasteiger partial charge < -0.3 is 4.90 Å². The van der Waals surface area contributed by atoms with E-state index in [1.165, 1.54) is 5.57 Å². The number of likely N-dealkylation sites (tertiary alicyclic amines) is 1. The summed E-state index contributed by atoms with van der Waals surface area (Å²) in [6.07, 6.45) is 10.3. The summed E-state index contributed by atoms with van der Waals surface area (Å²) >= 11 is 0. The maximum Gasteiger partial charge on any atom is 0.249 e. The number of hydrogen-bond acceptors (Lipinski definition) is 3. The fourth-order valence-corrected chi connectivity index (χ4v) is 3.14. The summed E-state index contributed by atoms with van der Waals surface area (Å²) in [6.45, 7) is 7.10. The van der Waals surface area contributed by atoms with Crippen LogP contribution >= 0.6 is 0 Å². The number of nitrogens with zero attached hydrogens (tertiary/aromatic N) is 1. The first-order valence-electron chi connectivity index (χ1n) is 7.68. The third-order valence-electron chi connectivity index (χ3n) is 4.28. The lowest BCUT2D eigenvalue weighted by atomic mass is 9.87. The van der Waals surface area contributed by atoms with Gasteiger partial charge in [0.25, 0.3) is 0 Å². The molecule has 2 aliphatic heterocycles. The Morgan fingerprint density at radius 2 is 2.00 bits per heavy atom. The van der Waals surface area contributed by atoms with E-state index < -0.39 is 0 Å². The Balaban J connectivity index is 2.32. The van der Waals surface area contributed by atoms with Crippen LogP contribution in [0, 0.1) is 5.92 Å². The van der Waals surface area contributed by atoms with Crippen LogP contribution < -0.4 is 5.32 Å². The molecule has 2 amide bonds. The summed E-state index contributed by atoms with van der Waals surface area (Å²) in [4.78, 5) is 25.7. The largest absolute Gasteiger partial charge is 0.359 e. The standard InChI is InChI=1S/C17H24N2O2/c1-4-6-7-14-13(5-2)12(3)10-11-19(14)15-8-9-16(20)18-17(15)21/h4-7,12,15H,8-11H2,1-3H3,(H,18,20,21)/b6-4-,13-5-,14-7+. The van der Waals surface area contributed by atoms with E-state index in [2.05, 4.69) is 29.3 Å². The second-order valence-corrected chi connectivity index (χ2v) is 5.67. The van der Waals surface area contributed by atoms with Gasteiger partial charge in [0, 0.05) is 18.7 Å². The zero-order chi connectivity index (χ0) is 15.4. The fraction of sp³-hybridized carbons (Fsp3) is 0.529. The van der Waals surface area contributed by atoms with Gasteiger partial charge in [0.1, 0.15) is 6.04 Å². The highest BCUT2D eigenvalue weighted by atomic mass is 16.2. The second-order valence-electron chi connectivity index (χ2n) is 5.67. The first-order valence-corrected chi connectivity index (χ1v) is 7.68. The van der Waals surface area contributed by atoms with Crippen LogP contribution in [0.15, 0.2) is 35.6 Å². The first-order chi connectivity index (χ1) is 10.1. The van der Waals surface area contributed by atoms with E-state index in [0.29, 0.717) is 18.8 Å². The molecular formula is C17H24N2O2. The number of imide groups is 1. The van der Waals surface area contributed by atoms with E-state index in [9.17, 15) is 9.59 Å². The van der Waals surface area contributed by atoms with Crippen molar-refractivity contribution in [2.75, 3.05) is 6.54 Å². The molecule has 1 N–H and O–H groups in total. The van der Waals surface area contributed by atoms with Gasteiger partial charge in [-0.3, -0.25) is 14.9 Å². The number of piperidine rings is 2. The molecule has 2 atom stereocenters. The molecule has 0 bridgehead atoms. The van der Waals surface area contributed by atoms with E-state index in [0.717, 1.165) is 18.7 Å². The van der Waals surface area contributed by atoms with Gasteiger partial charge in [-0.05, 0) is 44.3 Å². The van der Waals surface area contributed by atoms with Gasteiger partial charge in [-0.25, -0.2) is 0 Å². The third kappa shape index (κ3) is 3.26. The summed E-state index contributed by atoms with van der Waals surface area (Å²) in [5, 5.41) is 2.46. The smallest absolute Gasteiger partial charge is 0.249 e. The monoisotopic (exact) mass is 288 g/mol. The van der Waals surface area contributed by atoms with Crippen molar-refractivity contribution in [3.8, 4) is 0 Å². The van der Waals surface area contributed by atoms with Gasteiger partial charge in [0.2, 0.25) is 11.8 Å². The van der Waals surface area contributed by atoms with Crippen LogP contribution in [0.3, 0.4) is 0 Å². The highest BCUT2D eigenvalue weighted by Gasteiger charge is 2.36. The Hall–Kier alpha value is -1.84. The summed E-state index contributed by atoms with van der Waals surface area (Å²) in [5.41, 5.74) is 2.40. The fourth-order valence-electron chi connectivity index (χ4n) is 3.14. The number of nitrogens with one attached hydrogen (secondary N) is 1. The maximum absolute atomic E-state index is 12.2. The maximum atomic E-state index is 12.2. The summed E-state index contributed by atoms with van der Waals surface area (Å²) in [5.74, 6) is 0.172. The van der Waals surface area contributed by atoms with E-state index in [4.69, 9.17) is 0 Å². The van der Waals surface area contributed by atoms with Crippen molar-refractivity contribution in [2.45, 2.75) is 46.1 Å². The molecule has 4 nitrogen and oxygen atoms in total. The van der Waals surface area contributed by atoms with Crippen molar-refractivity contribution in [2.24, 2.45) is 5.92 Å². The number of amides is 2. The Labute approximate surface area is 126 Å². The highest BCUT2D eigenvalue weighted by Crippen LogP contribution is 2.34. The molecule has 2 heterocycles. The topological polar surface area (TPSA) is 49.4 Å². The van der Waals surface area contributed by atoms with Crippen molar-refractivity contribution in [1.29, 1.82) is 0 Å². The second kappa shape index (κ2) is 6.74. The molecule has 0 saturated carbocycles. The molecule has 2 rings (SSSR count).